The van der Waals surface area contributed by atoms with Crippen LogP contribution in [0.1, 0.15) is 31.7 Å². The molecule has 5 heteroatoms. The number of fused-ring (bicyclic) bond motifs is 7. The number of hydrogen-bond donors (Lipinski definition) is 1. The first-order valence-corrected chi connectivity index (χ1v) is 19.2. The van der Waals surface area contributed by atoms with Crippen LogP contribution in [0.2, 0.25) is 0 Å². The molecule has 3 heterocycles. The van der Waals surface area contributed by atoms with Gasteiger partial charge in [-0.15, -0.1) is 0 Å². The first kappa shape index (κ1) is 32.2. The quantitative estimate of drug-likeness (QED) is 0.114. The van der Waals surface area contributed by atoms with E-state index in [9.17, 15) is 0 Å². The highest BCUT2D eigenvalue weighted by molar-refractivity contribution is 6.73. The molecule has 9 aromatic rings. The lowest BCUT2D eigenvalue weighted by Crippen LogP contribution is -2.36. The Kier molecular flexibility index (Phi) is 8.06. The molecule has 54 heavy (non-hydrogen) atoms. The number of aromatic nitrogens is 1. The van der Waals surface area contributed by atoms with Crippen molar-refractivity contribution in [1.82, 2.24) is 4.57 Å². The standard InChI is InChI=1S/C49H40BN3O/c1-2-3-6-17-33-28-30-34(31-29-33)51-41-25-14-11-22-37(41)40-32-43(52(35-18-7-4-8-19-35)36-20-9-5-10-21-36)45-38-23-12-15-26-42(38)53-47-39-24-13-16-27-44(39)54-49(47)50-46(40)48(45)53/h4-5,7-16,18-32,50-51H,2-3,6,17H2,1H3. The van der Waals surface area contributed by atoms with Crippen molar-refractivity contribution in [2.75, 3.05) is 10.2 Å². The van der Waals surface area contributed by atoms with E-state index in [4.69, 9.17) is 4.42 Å². The molecule has 1 aliphatic rings. The first-order chi connectivity index (χ1) is 26.8. The van der Waals surface area contributed by atoms with Crippen LogP contribution < -0.4 is 21.3 Å². The lowest BCUT2D eigenvalue weighted by atomic mass is 9.62. The summed E-state index contributed by atoms with van der Waals surface area (Å²) in [6, 6.07) is 59.0. The Morgan fingerprint density at radius 3 is 2.07 bits per heavy atom. The van der Waals surface area contributed by atoms with Gasteiger partial charge in [-0.1, -0.05) is 117 Å². The van der Waals surface area contributed by atoms with E-state index in [1.165, 1.54) is 57.7 Å². The SMILES string of the molecule is CCCCCc1ccc(Nc2ccccc2-c2cc(N(c3ccccc3)c3ccccc3)c3c4ccccc4n4c3c2Bc2oc3ccccc3c2-4)cc1. The second-order valence-electron chi connectivity index (χ2n) is 14.4. The van der Waals surface area contributed by atoms with Crippen molar-refractivity contribution in [1.29, 1.82) is 0 Å². The highest BCUT2D eigenvalue weighted by Crippen LogP contribution is 2.47. The fraction of sp³-hybridized carbons (Fsp3) is 0.102. The minimum Gasteiger partial charge on any atom is -0.469 e. The maximum Gasteiger partial charge on any atom is 0.244 e. The van der Waals surface area contributed by atoms with E-state index in [1.807, 2.05) is 0 Å². The molecule has 7 aromatic carbocycles. The van der Waals surface area contributed by atoms with E-state index < -0.39 is 0 Å². The number of hydrogen-bond acceptors (Lipinski definition) is 3. The van der Waals surface area contributed by atoms with Crippen molar-refractivity contribution in [3.63, 3.8) is 0 Å². The molecular weight excluding hydrogens is 657 g/mol. The van der Waals surface area contributed by atoms with Gasteiger partial charge >= 0.3 is 0 Å². The Labute approximate surface area is 316 Å². The summed E-state index contributed by atoms with van der Waals surface area (Å²) in [6.45, 7) is 2.26. The Bertz CT molecular complexity index is 2740. The van der Waals surface area contributed by atoms with E-state index >= 15 is 0 Å². The monoisotopic (exact) mass is 697 g/mol. The second kappa shape index (κ2) is 13.5. The largest absolute Gasteiger partial charge is 0.469 e. The molecule has 4 nitrogen and oxygen atoms in total. The Hall–Kier alpha value is -6.46. The minimum atomic E-state index is 0.684. The average molecular weight is 698 g/mol. The summed E-state index contributed by atoms with van der Waals surface area (Å²) < 4.78 is 9.21. The van der Waals surface area contributed by atoms with Gasteiger partial charge in [0.05, 0.1) is 28.1 Å². The van der Waals surface area contributed by atoms with Crippen molar-refractivity contribution < 1.29 is 4.42 Å². The number of aryl methyl sites for hydroxylation is 1. The molecule has 0 bridgehead atoms. The predicted molar refractivity (Wildman–Crippen MR) is 230 cm³/mol. The van der Waals surface area contributed by atoms with Gasteiger partial charge in [-0.25, -0.2) is 0 Å². The number of nitrogens with one attached hydrogen (secondary N) is 1. The van der Waals surface area contributed by atoms with E-state index in [0.717, 1.165) is 62.7 Å². The summed E-state index contributed by atoms with van der Waals surface area (Å²) in [5.74, 6) is 0. The van der Waals surface area contributed by atoms with E-state index in [0.29, 0.717) is 7.28 Å². The third-order valence-corrected chi connectivity index (χ3v) is 11.0. The fourth-order valence-corrected chi connectivity index (χ4v) is 8.54. The van der Waals surface area contributed by atoms with Crippen molar-refractivity contribution in [2.45, 2.75) is 32.6 Å². The lowest BCUT2D eigenvalue weighted by molar-refractivity contribution is 0.650. The molecule has 0 unspecified atom stereocenters. The van der Waals surface area contributed by atoms with Gasteiger partial charge in [-0.05, 0) is 96.2 Å². The summed E-state index contributed by atoms with van der Waals surface area (Å²) in [5, 5.41) is 7.42. The number of anilines is 5. The van der Waals surface area contributed by atoms with Gasteiger partial charge in [-0.3, -0.25) is 0 Å². The summed E-state index contributed by atoms with van der Waals surface area (Å²) >= 11 is 0. The molecular formula is C49H40BN3O. The summed E-state index contributed by atoms with van der Waals surface area (Å²) in [4.78, 5) is 2.43. The Morgan fingerprint density at radius 1 is 0.648 bits per heavy atom. The summed E-state index contributed by atoms with van der Waals surface area (Å²) in [7, 11) is 0.684. The predicted octanol–water partition coefficient (Wildman–Crippen LogP) is 11.8. The van der Waals surface area contributed by atoms with Crippen LogP contribution in [0, 0.1) is 0 Å². The molecule has 0 spiro atoms. The summed E-state index contributed by atoms with van der Waals surface area (Å²) in [5.41, 5.74) is 15.9. The van der Waals surface area contributed by atoms with Crippen LogP contribution in [-0.2, 0) is 6.42 Å². The molecule has 0 saturated heterocycles. The molecule has 0 saturated carbocycles. The van der Waals surface area contributed by atoms with Crippen LogP contribution in [-0.4, -0.2) is 11.8 Å². The van der Waals surface area contributed by atoms with Gasteiger partial charge < -0.3 is 19.2 Å². The highest BCUT2D eigenvalue weighted by atomic mass is 16.3. The van der Waals surface area contributed by atoms with Gasteiger partial charge in [-0.2, -0.15) is 0 Å². The van der Waals surface area contributed by atoms with Gasteiger partial charge in [0.2, 0.25) is 7.28 Å². The molecule has 0 aliphatic carbocycles. The third-order valence-electron chi connectivity index (χ3n) is 11.0. The number of rotatable bonds is 10. The Morgan fingerprint density at radius 2 is 1.31 bits per heavy atom. The normalized spacial score (nSPS) is 11.9. The van der Waals surface area contributed by atoms with Gasteiger partial charge in [0, 0.05) is 44.5 Å². The number of nitrogens with zero attached hydrogens (tertiary/aromatic N) is 2. The van der Waals surface area contributed by atoms with E-state index in [1.54, 1.807) is 0 Å². The fourth-order valence-electron chi connectivity index (χ4n) is 8.54. The van der Waals surface area contributed by atoms with Crippen LogP contribution >= 0.6 is 0 Å². The van der Waals surface area contributed by atoms with Crippen molar-refractivity contribution in [3.8, 4) is 16.8 Å². The smallest absolute Gasteiger partial charge is 0.244 e. The number of benzene rings is 7. The molecule has 2 aromatic heterocycles. The van der Waals surface area contributed by atoms with Crippen molar-refractivity contribution in [3.05, 3.63) is 169 Å². The van der Waals surface area contributed by atoms with Crippen LogP contribution in [0.25, 0.3) is 49.6 Å². The van der Waals surface area contributed by atoms with Crippen LogP contribution in [0.5, 0.6) is 0 Å². The van der Waals surface area contributed by atoms with E-state index in [2.05, 4.69) is 185 Å². The minimum absolute atomic E-state index is 0.684. The third kappa shape index (κ3) is 5.39. The average Bonchev–Trinajstić information content (AvgIpc) is 3.77. The highest BCUT2D eigenvalue weighted by Gasteiger charge is 2.33. The summed E-state index contributed by atoms with van der Waals surface area (Å²) in [6.07, 6.45) is 4.85. The Balaban J connectivity index is 1.26. The molecule has 0 radical (unpaired) electrons. The molecule has 1 N–H and O–H groups in total. The maximum absolute atomic E-state index is 6.73. The molecule has 10 rings (SSSR count). The number of para-hydroxylation sites is 5. The topological polar surface area (TPSA) is 33.3 Å². The van der Waals surface area contributed by atoms with E-state index in [-0.39, 0.29) is 0 Å². The van der Waals surface area contributed by atoms with Crippen LogP contribution in [0.3, 0.4) is 0 Å². The second-order valence-corrected chi connectivity index (χ2v) is 14.4. The molecule has 1 aliphatic heterocycles. The number of furan rings is 1. The molecule has 260 valence electrons. The molecule has 0 amide bonds. The molecule has 0 atom stereocenters. The van der Waals surface area contributed by atoms with Crippen LogP contribution in [0.4, 0.5) is 28.4 Å². The van der Waals surface area contributed by atoms with Gasteiger partial charge in [0.1, 0.15) is 5.58 Å². The zero-order valence-corrected chi connectivity index (χ0v) is 30.4. The molecule has 0 fully saturated rings. The first-order valence-electron chi connectivity index (χ1n) is 19.2. The van der Waals surface area contributed by atoms with Gasteiger partial charge in [0.15, 0.2) is 0 Å². The number of unbranched alkanes of at least 4 members (excludes halogenated alkanes) is 2. The maximum atomic E-state index is 6.73. The zero-order valence-electron chi connectivity index (χ0n) is 30.4. The van der Waals surface area contributed by atoms with Crippen molar-refractivity contribution >= 4 is 79.6 Å². The van der Waals surface area contributed by atoms with Gasteiger partial charge in [0.25, 0.3) is 0 Å². The zero-order chi connectivity index (χ0) is 36.0. The van der Waals surface area contributed by atoms with Crippen LogP contribution in [0.15, 0.2) is 168 Å². The lowest BCUT2D eigenvalue weighted by Gasteiger charge is -2.29. The van der Waals surface area contributed by atoms with Crippen molar-refractivity contribution in [2.24, 2.45) is 0 Å².